The second kappa shape index (κ2) is 13.4. The summed E-state index contributed by atoms with van der Waals surface area (Å²) in [4.78, 5) is 7.69. The van der Waals surface area contributed by atoms with Crippen LogP contribution < -0.4 is 0 Å². The Hall–Kier alpha value is -3.99. The van der Waals surface area contributed by atoms with Crippen LogP contribution in [-0.2, 0) is 26.3 Å². The second-order valence-corrected chi connectivity index (χ2v) is 20.1. The number of aryl methyl sites for hydroxylation is 1. The maximum absolute atomic E-state index is 4.38. The number of nitrogens with one attached hydrogen (secondary N) is 1. The van der Waals surface area contributed by atoms with E-state index in [9.17, 15) is 0 Å². The van der Waals surface area contributed by atoms with Gasteiger partial charge in [-0.3, -0.25) is 0 Å². The molecule has 53 heavy (non-hydrogen) atoms. The molecular weight excluding hydrogens is 647 g/mol. The van der Waals surface area contributed by atoms with Crippen molar-refractivity contribution in [1.29, 1.82) is 0 Å². The molecule has 0 atom stereocenters. The number of hydrogen-bond donors (Lipinski definition) is 1. The van der Waals surface area contributed by atoms with Crippen LogP contribution in [0, 0.1) is 32.5 Å². The summed E-state index contributed by atoms with van der Waals surface area (Å²) in [6, 6.07) is 24.3. The van der Waals surface area contributed by atoms with Crippen molar-refractivity contribution in [3.8, 4) is 0 Å². The number of fused-ring (bicyclic) bond motifs is 3. The van der Waals surface area contributed by atoms with Crippen molar-refractivity contribution in [1.82, 2.24) is 24.7 Å². The molecule has 3 fully saturated rings. The maximum Gasteiger partial charge on any atom is 0.0955 e. The fourth-order valence-corrected chi connectivity index (χ4v) is 8.82. The molecule has 0 saturated heterocycles. The van der Waals surface area contributed by atoms with Crippen LogP contribution in [0.3, 0.4) is 0 Å². The van der Waals surface area contributed by atoms with E-state index in [1.165, 1.54) is 96.3 Å². The predicted molar refractivity (Wildman–Crippen MR) is 223 cm³/mol. The first-order chi connectivity index (χ1) is 24.9. The van der Waals surface area contributed by atoms with Crippen LogP contribution in [0.2, 0.25) is 0 Å². The summed E-state index contributed by atoms with van der Waals surface area (Å²) in [6.45, 7) is 21.4. The average molecular weight is 710 g/mol. The molecule has 5 nitrogen and oxygen atoms in total. The van der Waals surface area contributed by atoms with Crippen LogP contribution in [0.4, 0.5) is 0 Å². The third kappa shape index (κ3) is 7.82. The summed E-state index contributed by atoms with van der Waals surface area (Å²) in [5.41, 5.74) is 11.8. The number of hydrogen-bond acceptors (Lipinski definition) is 3. The van der Waals surface area contributed by atoms with Gasteiger partial charge in [0.15, 0.2) is 0 Å². The van der Waals surface area contributed by atoms with E-state index in [1.807, 2.05) is 18.6 Å². The Labute approximate surface area is 318 Å². The zero-order valence-corrected chi connectivity index (χ0v) is 34.2. The second-order valence-electron chi connectivity index (χ2n) is 20.1. The van der Waals surface area contributed by atoms with Crippen molar-refractivity contribution in [3.63, 3.8) is 0 Å². The van der Waals surface area contributed by atoms with Gasteiger partial charge < -0.3 is 9.55 Å². The minimum atomic E-state index is 0.393. The van der Waals surface area contributed by atoms with Crippen LogP contribution in [0.5, 0.6) is 0 Å². The summed E-state index contributed by atoms with van der Waals surface area (Å²) in [7, 11) is 2.07. The van der Waals surface area contributed by atoms with Gasteiger partial charge in [0.1, 0.15) is 0 Å². The quantitative estimate of drug-likeness (QED) is 0.187. The molecule has 3 aromatic carbocycles. The van der Waals surface area contributed by atoms with Crippen molar-refractivity contribution in [2.45, 2.75) is 120 Å². The Morgan fingerprint density at radius 2 is 1.09 bits per heavy atom. The monoisotopic (exact) mass is 710 g/mol. The van der Waals surface area contributed by atoms with Crippen molar-refractivity contribution >= 4 is 32.8 Å². The highest BCUT2D eigenvalue weighted by molar-refractivity contribution is 5.80. The molecule has 0 aliphatic heterocycles. The van der Waals surface area contributed by atoms with Crippen molar-refractivity contribution in [2.24, 2.45) is 39.5 Å². The summed E-state index contributed by atoms with van der Waals surface area (Å²) >= 11 is 0. The number of nitrogens with zero attached hydrogens (tertiary/aromatic N) is 4. The number of aromatic nitrogens is 5. The fraction of sp³-hybridized carbons (Fsp3) is 0.521. The molecule has 3 heterocycles. The summed E-state index contributed by atoms with van der Waals surface area (Å²) in [5, 5.41) is 10.7. The zero-order chi connectivity index (χ0) is 37.9. The van der Waals surface area contributed by atoms with Crippen LogP contribution in [-0.4, -0.2) is 24.7 Å². The minimum absolute atomic E-state index is 0.393. The molecule has 5 heteroatoms. The Kier molecular flexibility index (Phi) is 9.43. The number of H-pyrrole nitrogens is 1. The summed E-state index contributed by atoms with van der Waals surface area (Å²) < 4.78 is 2.11. The largest absolute Gasteiger partial charge is 0.361 e. The van der Waals surface area contributed by atoms with Crippen LogP contribution in [0.15, 0.2) is 85.5 Å². The lowest BCUT2D eigenvalue weighted by Gasteiger charge is -2.31. The van der Waals surface area contributed by atoms with E-state index in [1.54, 1.807) is 6.20 Å². The highest BCUT2D eigenvalue weighted by Crippen LogP contribution is 2.62. The Morgan fingerprint density at radius 1 is 0.585 bits per heavy atom. The number of imidazole rings is 1. The molecule has 280 valence electrons. The molecule has 0 unspecified atom stereocenters. The third-order valence-electron chi connectivity index (χ3n) is 14.0. The molecule has 0 radical (unpaired) electrons. The van der Waals surface area contributed by atoms with Crippen molar-refractivity contribution < 1.29 is 0 Å². The standard InChI is InChI=1S/C16H22N2.C16H20N2.C16H21N/c1-15(2,3)16(7-8-16)10-12-5-6-13-14(9-12)18(4)11-17-13;1-15(2,3)16(7-8-16)11-12-4-5-13-6-9-17-18-14(13)10-12;1-15(2,3)16(7-8-16)11-12-4-5-13-6-9-17-14(13)10-12/h5-6,9,11H,7-8,10H2,1-4H3;4-6,9-10H,7-8,11H2,1-3H3;4-6,9-10,17H,7-8,11H2,1-3H3. The average Bonchev–Trinajstić information content (AvgIpc) is 4.05. The molecule has 3 aromatic heterocycles. The number of benzene rings is 3. The topological polar surface area (TPSA) is 59.4 Å². The highest BCUT2D eigenvalue weighted by Gasteiger charge is 2.53. The Balaban J connectivity index is 0.000000123. The van der Waals surface area contributed by atoms with Gasteiger partial charge in [-0.15, -0.1) is 0 Å². The lowest BCUT2D eigenvalue weighted by molar-refractivity contribution is 0.212. The van der Waals surface area contributed by atoms with Gasteiger partial charge in [0.2, 0.25) is 0 Å². The van der Waals surface area contributed by atoms with Gasteiger partial charge in [0.25, 0.3) is 0 Å². The van der Waals surface area contributed by atoms with Crippen molar-refractivity contribution in [3.05, 3.63) is 102 Å². The molecule has 0 spiro atoms. The minimum Gasteiger partial charge on any atom is -0.361 e. The normalized spacial score (nSPS) is 18.2. The molecule has 3 aliphatic carbocycles. The van der Waals surface area contributed by atoms with Crippen LogP contribution in [0.1, 0.15) is 118 Å². The molecular formula is C48H63N5. The smallest absolute Gasteiger partial charge is 0.0955 e. The lowest BCUT2D eigenvalue weighted by atomic mass is 9.74. The van der Waals surface area contributed by atoms with Gasteiger partial charge in [0.05, 0.1) is 29.1 Å². The van der Waals surface area contributed by atoms with Gasteiger partial charge in [0, 0.05) is 24.1 Å². The first kappa shape index (κ1) is 37.3. The SMILES string of the molecule is CC(C)(C)C1(Cc2ccc3cc[nH]c3c2)CC1.CC(C)(C)C1(Cc2ccc3ccnnc3c2)CC1.Cn1cnc2ccc(CC3(C(C)(C)C)CC3)cc21. The van der Waals surface area contributed by atoms with E-state index in [4.69, 9.17) is 0 Å². The maximum atomic E-state index is 4.38. The molecule has 3 aliphatic rings. The van der Waals surface area contributed by atoms with Gasteiger partial charge in [-0.1, -0.05) is 92.6 Å². The Bertz CT molecular complexity index is 2200. The van der Waals surface area contributed by atoms with E-state index < -0.39 is 0 Å². The van der Waals surface area contributed by atoms with E-state index in [0.717, 1.165) is 11.0 Å². The highest BCUT2D eigenvalue weighted by atomic mass is 15.1. The molecule has 6 aromatic rings. The zero-order valence-electron chi connectivity index (χ0n) is 34.2. The van der Waals surface area contributed by atoms with E-state index in [2.05, 4.69) is 155 Å². The summed E-state index contributed by atoms with van der Waals surface area (Å²) in [5.74, 6) is 0. The van der Waals surface area contributed by atoms with Gasteiger partial charge in [-0.2, -0.15) is 10.2 Å². The molecule has 0 bridgehead atoms. The predicted octanol–water partition coefficient (Wildman–Crippen LogP) is 12.5. The number of aromatic amines is 1. The molecule has 0 amide bonds. The summed E-state index contributed by atoms with van der Waals surface area (Å²) in [6.07, 6.45) is 17.5. The molecule has 3 saturated carbocycles. The van der Waals surface area contributed by atoms with Gasteiger partial charge in [-0.05, 0) is 149 Å². The fourth-order valence-electron chi connectivity index (χ4n) is 8.82. The van der Waals surface area contributed by atoms with E-state index in [-0.39, 0.29) is 0 Å². The third-order valence-corrected chi connectivity index (χ3v) is 14.0. The van der Waals surface area contributed by atoms with Crippen LogP contribution >= 0.6 is 0 Å². The van der Waals surface area contributed by atoms with Gasteiger partial charge >= 0.3 is 0 Å². The van der Waals surface area contributed by atoms with Gasteiger partial charge in [-0.25, -0.2) is 4.98 Å². The van der Waals surface area contributed by atoms with Crippen LogP contribution in [0.25, 0.3) is 32.8 Å². The number of rotatable bonds is 6. The van der Waals surface area contributed by atoms with Crippen molar-refractivity contribution in [2.75, 3.05) is 0 Å². The molecule has 1 N–H and O–H groups in total. The molecule has 9 rings (SSSR count). The first-order valence-corrected chi connectivity index (χ1v) is 20.1. The Morgan fingerprint density at radius 3 is 1.64 bits per heavy atom. The van der Waals surface area contributed by atoms with E-state index in [0.29, 0.717) is 32.5 Å². The van der Waals surface area contributed by atoms with E-state index >= 15 is 0 Å². The lowest BCUT2D eigenvalue weighted by Crippen LogP contribution is -2.24. The first-order valence-electron chi connectivity index (χ1n) is 20.1.